The lowest BCUT2D eigenvalue weighted by Gasteiger charge is -2.15. The van der Waals surface area contributed by atoms with Gasteiger partial charge in [-0.25, -0.2) is 0 Å². The molecule has 0 spiro atoms. The Labute approximate surface area is 121 Å². The maximum atomic E-state index is 13.0. The Balaban J connectivity index is 2.63. The van der Waals surface area contributed by atoms with E-state index in [9.17, 15) is 26.3 Å². The third-order valence-corrected chi connectivity index (χ3v) is 3.02. The quantitative estimate of drug-likeness (QED) is 0.561. The van der Waals surface area contributed by atoms with Crippen molar-refractivity contribution >= 4 is 11.6 Å². The fraction of sp³-hybridized carbons (Fsp3) is 0.143. The Morgan fingerprint density at radius 3 is 2.00 bits per heavy atom. The lowest BCUT2D eigenvalue weighted by molar-refractivity contribution is -0.137. The minimum Gasteiger partial charge on any atom is -0.166 e. The van der Waals surface area contributed by atoms with Gasteiger partial charge in [0.05, 0.1) is 11.1 Å². The van der Waals surface area contributed by atoms with Gasteiger partial charge in [-0.15, -0.1) is 0 Å². The van der Waals surface area contributed by atoms with Crippen LogP contribution in [-0.4, -0.2) is 0 Å². The number of alkyl halides is 6. The summed E-state index contributed by atoms with van der Waals surface area (Å²) in [6.07, 6.45) is -9.34. The van der Waals surface area contributed by atoms with Crippen molar-refractivity contribution in [1.82, 2.24) is 0 Å². The summed E-state index contributed by atoms with van der Waals surface area (Å²) in [5.41, 5.74) is -2.61. The molecule has 0 aromatic heterocycles. The van der Waals surface area contributed by atoms with Gasteiger partial charge in [-0.2, -0.15) is 26.3 Å². The summed E-state index contributed by atoms with van der Waals surface area (Å²) in [6, 6.07) is 6.68. The molecule has 7 heteroatoms. The number of hydrogen-bond donors (Lipinski definition) is 0. The molecule has 0 N–H and O–H groups in total. The van der Waals surface area contributed by atoms with Crippen LogP contribution in [0.15, 0.2) is 42.5 Å². The van der Waals surface area contributed by atoms with E-state index in [1.165, 1.54) is 12.1 Å². The molecule has 0 radical (unpaired) electrons. The minimum atomic E-state index is -4.71. The van der Waals surface area contributed by atoms with Crippen molar-refractivity contribution in [3.05, 3.63) is 58.6 Å². The van der Waals surface area contributed by atoms with Crippen LogP contribution in [0.25, 0.3) is 11.1 Å². The van der Waals surface area contributed by atoms with Crippen LogP contribution in [0.3, 0.4) is 0 Å². The van der Waals surface area contributed by atoms with Crippen LogP contribution in [-0.2, 0) is 12.4 Å². The first-order valence-corrected chi connectivity index (χ1v) is 6.01. The van der Waals surface area contributed by atoms with Gasteiger partial charge in [-0.05, 0) is 35.4 Å². The molecule has 2 aromatic carbocycles. The molecule has 0 saturated heterocycles. The molecule has 0 heterocycles. The summed E-state index contributed by atoms with van der Waals surface area (Å²) in [7, 11) is 0. The first kappa shape index (κ1) is 15.7. The Bertz CT molecular complexity index is 657. The molecule has 0 unspecified atom stereocenters. The van der Waals surface area contributed by atoms with Crippen LogP contribution in [0.5, 0.6) is 0 Å². The van der Waals surface area contributed by atoms with Gasteiger partial charge in [0.1, 0.15) is 0 Å². The first-order valence-electron chi connectivity index (χ1n) is 5.63. The van der Waals surface area contributed by atoms with Gasteiger partial charge >= 0.3 is 12.4 Å². The molecule has 0 atom stereocenters. The largest absolute Gasteiger partial charge is 0.417 e. The average Bonchev–Trinajstić information content (AvgIpc) is 2.37. The van der Waals surface area contributed by atoms with Crippen LogP contribution in [0.2, 0.25) is 5.02 Å². The zero-order valence-corrected chi connectivity index (χ0v) is 10.9. The van der Waals surface area contributed by atoms with Gasteiger partial charge in [0.25, 0.3) is 0 Å². The monoisotopic (exact) mass is 324 g/mol. The second-order valence-corrected chi connectivity index (χ2v) is 4.70. The summed E-state index contributed by atoms with van der Waals surface area (Å²) < 4.78 is 76.8. The maximum absolute atomic E-state index is 13.0. The predicted molar refractivity (Wildman–Crippen MR) is 66.9 cm³/mol. The molecule has 2 aromatic rings. The summed E-state index contributed by atoms with van der Waals surface area (Å²) in [6.45, 7) is 0. The van der Waals surface area contributed by atoms with Crippen LogP contribution in [0.4, 0.5) is 26.3 Å². The SMILES string of the molecule is FC(F)(F)c1cccc(-c2ccc(Cl)cc2C(F)(F)F)c1. The fourth-order valence-electron chi connectivity index (χ4n) is 1.87. The van der Waals surface area contributed by atoms with Gasteiger partial charge in [-0.3, -0.25) is 0 Å². The third kappa shape index (κ3) is 3.50. The minimum absolute atomic E-state index is 0.141. The van der Waals surface area contributed by atoms with E-state index >= 15 is 0 Å². The van der Waals surface area contributed by atoms with Crippen molar-refractivity contribution < 1.29 is 26.3 Å². The molecule has 21 heavy (non-hydrogen) atoms. The lowest BCUT2D eigenvalue weighted by atomic mass is 9.97. The number of halogens is 7. The molecule has 2 rings (SSSR count). The van der Waals surface area contributed by atoms with Crippen LogP contribution >= 0.6 is 11.6 Å². The molecule has 112 valence electrons. The van der Waals surface area contributed by atoms with Gasteiger partial charge in [0, 0.05) is 5.02 Å². The number of rotatable bonds is 1. The van der Waals surface area contributed by atoms with E-state index in [0.717, 1.165) is 18.2 Å². The highest BCUT2D eigenvalue weighted by atomic mass is 35.5. The second kappa shape index (κ2) is 5.26. The van der Waals surface area contributed by atoms with E-state index in [-0.39, 0.29) is 16.1 Å². The Kier molecular flexibility index (Phi) is 3.93. The van der Waals surface area contributed by atoms with E-state index in [0.29, 0.717) is 12.1 Å². The normalized spacial score (nSPS) is 12.5. The number of benzene rings is 2. The van der Waals surface area contributed by atoms with E-state index in [4.69, 9.17) is 11.6 Å². The highest BCUT2D eigenvalue weighted by Crippen LogP contribution is 2.40. The van der Waals surface area contributed by atoms with Crippen molar-refractivity contribution in [3.63, 3.8) is 0 Å². The molecule has 0 aliphatic heterocycles. The molecule has 0 fully saturated rings. The van der Waals surface area contributed by atoms with Crippen LogP contribution in [0, 0.1) is 0 Å². The lowest BCUT2D eigenvalue weighted by Crippen LogP contribution is -2.08. The van der Waals surface area contributed by atoms with Crippen molar-refractivity contribution in [2.75, 3.05) is 0 Å². The predicted octanol–water partition coefficient (Wildman–Crippen LogP) is 6.04. The standard InChI is InChI=1S/C14H7ClF6/c15-10-4-5-11(12(7-10)14(19,20)21)8-2-1-3-9(6-8)13(16,17)18/h1-7H. The van der Waals surface area contributed by atoms with E-state index in [1.54, 1.807) is 0 Å². The zero-order valence-electron chi connectivity index (χ0n) is 10.2. The smallest absolute Gasteiger partial charge is 0.166 e. The second-order valence-electron chi connectivity index (χ2n) is 4.27. The van der Waals surface area contributed by atoms with Gasteiger partial charge in [0.15, 0.2) is 0 Å². The van der Waals surface area contributed by atoms with Crippen molar-refractivity contribution in [1.29, 1.82) is 0 Å². The summed E-state index contributed by atoms with van der Waals surface area (Å²) in [4.78, 5) is 0. The zero-order chi connectivity index (χ0) is 15.8. The maximum Gasteiger partial charge on any atom is 0.417 e. The summed E-state index contributed by atoms with van der Waals surface area (Å²) in [5, 5.41) is -0.141. The molecule has 0 nitrogen and oxygen atoms in total. The molecule has 0 amide bonds. The Morgan fingerprint density at radius 2 is 1.43 bits per heavy atom. The Hall–Kier alpha value is -1.69. The molecular formula is C14H7ClF6. The van der Waals surface area contributed by atoms with Gasteiger partial charge < -0.3 is 0 Å². The summed E-state index contributed by atoms with van der Waals surface area (Å²) in [5.74, 6) is 0. The highest BCUT2D eigenvalue weighted by molar-refractivity contribution is 6.30. The van der Waals surface area contributed by atoms with Crippen LogP contribution in [0.1, 0.15) is 11.1 Å². The molecule has 0 saturated carbocycles. The van der Waals surface area contributed by atoms with Crippen molar-refractivity contribution in [3.8, 4) is 11.1 Å². The fourth-order valence-corrected chi connectivity index (χ4v) is 2.04. The van der Waals surface area contributed by atoms with E-state index in [2.05, 4.69) is 0 Å². The molecular weight excluding hydrogens is 318 g/mol. The van der Waals surface area contributed by atoms with Crippen LogP contribution < -0.4 is 0 Å². The first-order chi connectivity index (χ1) is 9.59. The Morgan fingerprint density at radius 1 is 0.762 bits per heavy atom. The summed E-state index contributed by atoms with van der Waals surface area (Å²) >= 11 is 5.53. The molecule has 0 aliphatic carbocycles. The highest BCUT2D eigenvalue weighted by Gasteiger charge is 2.35. The van der Waals surface area contributed by atoms with Crippen molar-refractivity contribution in [2.24, 2.45) is 0 Å². The van der Waals surface area contributed by atoms with Gasteiger partial charge in [0.2, 0.25) is 0 Å². The average molecular weight is 325 g/mol. The van der Waals surface area contributed by atoms with E-state index < -0.39 is 23.5 Å². The number of hydrogen-bond acceptors (Lipinski definition) is 0. The van der Waals surface area contributed by atoms with Gasteiger partial charge in [-0.1, -0.05) is 29.8 Å². The van der Waals surface area contributed by atoms with E-state index in [1.807, 2.05) is 0 Å². The molecule has 0 bridgehead atoms. The van der Waals surface area contributed by atoms with Crippen molar-refractivity contribution in [2.45, 2.75) is 12.4 Å². The molecule has 0 aliphatic rings. The third-order valence-electron chi connectivity index (χ3n) is 2.79. The topological polar surface area (TPSA) is 0 Å².